The standard InChI is InChI=1S/C16H21N5/c1-20-10-13-6-4-3-5-12(13)9-14(20)11-21(2)16-18-8-7-15(17)19-16/h3-8,14H,9-11H2,1-2H3,(H2,17,18,19)/t14-/m1/s1. The van der Waals surface area contributed by atoms with E-state index in [2.05, 4.69) is 51.1 Å². The number of aromatic nitrogens is 2. The average Bonchev–Trinajstić information content (AvgIpc) is 2.48. The third-order valence-electron chi connectivity index (χ3n) is 4.11. The Hall–Kier alpha value is -2.14. The highest BCUT2D eigenvalue weighted by atomic mass is 15.3. The molecule has 0 unspecified atom stereocenters. The lowest BCUT2D eigenvalue weighted by atomic mass is 9.94. The van der Waals surface area contributed by atoms with Crippen LogP contribution in [0.4, 0.5) is 11.8 Å². The van der Waals surface area contributed by atoms with Gasteiger partial charge < -0.3 is 10.6 Å². The normalized spacial score (nSPS) is 18.3. The SMILES string of the molecule is CN(C[C@H]1Cc2ccccc2CN1C)c1nccc(N)n1. The monoisotopic (exact) mass is 283 g/mol. The van der Waals surface area contributed by atoms with Crippen LogP contribution in [0.1, 0.15) is 11.1 Å². The van der Waals surface area contributed by atoms with E-state index in [1.54, 1.807) is 12.3 Å². The van der Waals surface area contributed by atoms with Crippen molar-refractivity contribution in [1.29, 1.82) is 0 Å². The van der Waals surface area contributed by atoms with E-state index < -0.39 is 0 Å². The number of hydrogen-bond donors (Lipinski definition) is 1. The fourth-order valence-corrected chi connectivity index (χ4v) is 2.87. The molecule has 5 heteroatoms. The quantitative estimate of drug-likeness (QED) is 0.926. The third-order valence-corrected chi connectivity index (χ3v) is 4.11. The lowest BCUT2D eigenvalue weighted by molar-refractivity contribution is 0.218. The van der Waals surface area contributed by atoms with E-state index >= 15 is 0 Å². The zero-order valence-corrected chi connectivity index (χ0v) is 12.5. The van der Waals surface area contributed by atoms with Gasteiger partial charge in [0.1, 0.15) is 5.82 Å². The first-order valence-corrected chi connectivity index (χ1v) is 7.20. The van der Waals surface area contributed by atoms with Crippen molar-refractivity contribution in [2.75, 3.05) is 31.3 Å². The van der Waals surface area contributed by atoms with Gasteiger partial charge in [0.25, 0.3) is 0 Å². The number of fused-ring (bicyclic) bond motifs is 1. The van der Waals surface area contributed by atoms with Gasteiger partial charge in [0.05, 0.1) is 0 Å². The smallest absolute Gasteiger partial charge is 0.227 e. The molecule has 1 aromatic carbocycles. The molecule has 3 rings (SSSR count). The molecule has 0 saturated carbocycles. The molecule has 0 bridgehead atoms. The van der Waals surface area contributed by atoms with E-state index in [1.807, 2.05) is 7.05 Å². The van der Waals surface area contributed by atoms with Gasteiger partial charge in [0.15, 0.2) is 0 Å². The minimum absolute atomic E-state index is 0.454. The highest BCUT2D eigenvalue weighted by molar-refractivity contribution is 5.37. The average molecular weight is 283 g/mol. The molecule has 0 spiro atoms. The fraction of sp³-hybridized carbons (Fsp3) is 0.375. The number of anilines is 2. The van der Waals surface area contributed by atoms with Gasteiger partial charge in [-0.1, -0.05) is 24.3 Å². The molecular formula is C16H21N5. The van der Waals surface area contributed by atoms with Crippen molar-refractivity contribution in [1.82, 2.24) is 14.9 Å². The Morgan fingerprint density at radius 3 is 2.81 bits per heavy atom. The summed E-state index contributed by atoms with van der Waals surface area (Å²) in [5.41, 5.74) is 8.61. The Morgan fingerprint density at radius 1 is 1.29 bits per heavy atom. The van der Waals surface area contributed by atoms with Crippen molar-refractivity contribution in [2.45, 2.75) is 19.0 Å². The molecule has 21 heavy (non-hydrogen) atoms. The first-order valence-electron chi connectivity index (χ1n) is 7.20. The maximum Gasteiger partial charge on any atom is 0.227 e. The predicted molar refractivity (Wildman–Crippen MR) is 85.1 cm³/mol. The molecule has 0 amide bonds. The van der Waals surface area contributed by atoms with Crippen LogP contribution >= 0.6 is 0 Å². The molecule has 2 aromatic rings. The summed E-state index contributed by atoms with van der Waals surface area (Å²) in [5, 5.41) is 0. The molecular weight excluding hydrogens is 262 g/mol. The summed E-state index contributed by atoms with van der Waals surface area (Å²) < 4.78 is 0. The molecule has 0 saturated heterocycles. The molecule has 2 heterocycles. The van der Waals surface area contributed by atoms with Crippen molar-refractivity contribution in [3.63, 3.8) is 0 Å². The van der Waals surface area contributed by atoms with Gasteiger partial charge in [-0.15, -0.1) is 0 Å². The highest BCUT2D eigenvalue weighted by Gasteiger charge is 2.24. The van der Waals surface area contributed by atoms with Crippen molar-refractivity contribution in [3.05, 3.63) is 47.7 Å². The molecule has 0 aliphatic carbocycles. The van der Waals surface area contributed by atoms with Crippen LogP contribution < -0.4 is 10.6 Å². The van der Waals surface area contributed by atoms with E-state index in [0.29, 0.717) is 17.8 Å². The maximum absolute atomic E-state index is 5.73. The van der Waals surface area contributed by atoms with Crippen LogP contribution in [0, 0.1) is 0 Å². The summed E-state index contributed by atoms with van der Waals surface area (Å²) in [7, 11) is 4.19. The largest absolute Gasteiger partial charge is 0.384 e. The summed E-state index contributed by atoms with van der Waals surface area (Å²) >= 11 is 0. The van der Waals surface area contributed by atoms with Crippen LogP contribution in [-0.2, 0) is 13.0 Å². The second-order valence-corrected chi connectivity index (χ2v) is 5.70. The number of nitrogen functional groups attached to an aromatic ring is 1. The van der Waals surface area contributed by atoms with Crippen LogP contribution in [0.2, 0.25) is 0 Å². The molecule has 5 nitrogen and oxygen atoms in total. The van der Waals surface area contributed by atoms with E-state index in [4.69, 9.17) is 5.73 Å². The molecule has 1 aromatic heterocycles. The molecule has 0 radical (unpaired) electrons. The first-order chi connectivity index (χ1) is 10.1. The van der Waals surface area contributed by atoms with Gasteiger partial charge >= 0.3 is 0 Å². The Balaban J connectivity index is 1.73. The van der Waals surface area contributed by atoms with Gasteiger partial charge in [-0.2, -0.15) is 4.98 Å². The van der Waals surface area contributed by atoms with Crippen LogP contribution in [0.5, 0.6) is 0 Å². The molecule has 1 aliphatic heterocycles. The predicted octanol–water partition coefficient (Wildman–Crippen LogP) is 1.55. The fourth-order valence-electron chi connectivity index (χ4n) is 2.87. The Kier molecular flexibility index (Phi) is 3.75. The van der Waals surface area contributed by atoms with Crippen molar-refractivity contribution >= 4 is 11.8 Å². The van der Waals surface area contributed by atoms with Crippen LogP contribution in [0.15, 0.2) is 36.5 Å². The van der Waals surface area contributed by atoms with Crippen molar-refractivity contribution < 1.29 is 0 Å². The van der Waals surface area contributed by atoms with Crippen LogP contribution in [0.25, 0.3) is 0 Å². The molecule has 110 valence electrons. The van der Waals surface area contributed by atoms with Gasteiger partial charge in [-0.3, -0.25) is 4.90 Å². The maximum atomic E-state index is 5.73. The number of rotatable bonds is 3. The Morgan fingerprint density at radius 2 is 2.05 bits per heavy atom. The van der Waals surface area contributed by atoms with Crippen molar-refractivity contribution in [3.8, 4) is 0 Å². The van der Waals surface area contributed by atoms with E-state index in [1.165, 1.54) is 11.1 Å². The number of nitrogens with zero attached hydrogens (tertiary/aromatic N) is 4. The minimum atomic E-state index is 0.454. The lowest BCUT2D eigenvalue weighted by Gasteiger charge is -2.36. The highest BCUT2D eigenvalue weighted by Crippen LogP contribution is 2.23. The van der Waals surface area contributed by atoms with Gasteiger partial charge in [0, 0.05) is 32.4 Å². The van der Waals surface area contributed by atoms with Gasteiger partial charge in [-0.05, 0) is 30.7 Å². The summed E-state index contributed by atoms with van der Waals surface area (Å²) in [5.74, 6) is 1.19. The molecule has 1 aliphatic rings. The van der Waals surface area contributed by atoms with Gasteiger partial charge in [-0.25, -0.2) is 4.98 Å². The topological polar surface area (TPSA) is 58.3 Å². The van der Waals surface area contributed by atoms with E-state index in [0.717, 1.165) is 19.5 Å². The Bertz CT molecular complexity index is 628. The number of nitrogens with two attached hydrogens (primary N) is 1. The summed E-state index contributed by atoms with van der Waals surface area (Å²) in [4.78, 5) is 13.0. The van der Waals surface area contributed by atoms with Crippen LogP contribution in [-0.4, -0.2) is 41.5 Å². The molecule has 2 N–H and O–H groups in total. The summed E-state index contributed by atoms with van der Waals surface area (Å²) in [6, 6.07) is 10.8. The van der Waals surface area contributed by atoms with Crippen LogP contribution in [0.3, 0.4) is 0 Å². The zero-order chi connectivity index (χ0) is 14.8. The summed E-state index contributed by atoms with van der Waals surface area (Å²) in [6.07, 6.45) is 2.76. The molecule has 1 atom stereocenters. The number of likely N-dealkylation sites (N-methyl/N-ethyl adjacent to an activating group) is 2. The lowest BCUT2D eigenvalue weighted by Crippen LogP contribution is -2.45. The second-order valence-electron chi connectivity index (χ2n) is 5.70. The zero-order valence-electron chi connectivity index (χ0n) is 12.5. The number of hydrogen-bond acceptors (Lipinski definition) is 5. The summed E-state index contributed by atoms with van der Waals surface area (Å²) in [6.45, 7) is 1.88. The number of benzene rings is 1. The molecule has 0 fully saturated rings. The van der Waals surface area contributed by atoms with Crippen molar-refractivity contribution in [2.24, 2.45) is 0 Å². The van der Waals surface area contributed by atoms with E-state index in [9.17, 15) is 0 Å². The first kappa shape index (κ1) is 13.8. The second kappa shape index (κ2) is 5.69. The van der Waals surface area contributed by atoms with E-state index in [-0.39, 0.29) is 0 Å². The minimum Gasteiger partial charge on any atom is -0.384 e. The Labute approximate surface area is 125 Å². The third kappa shape index (κ3) is 2.97. The van der Waals surface area contributed by atoms with Gasteiger partial charge in [0.2, 0.25) is 5.95 Å².